The van der Waals surface area contributed by atoms with Crippen LogP contribution in [0.1, 0.15) is 140 Å². The van der Waals surface area contributed by atoms with Crippen molar-refractivity contribution in [2.24, 2.45) is 11.8 Å². The van der Waals surface area contributed by atoms with Crippen molar-refractivity contribution in [2.75, 3.05) is 0 Å². The molecule has 6 heteroatoms. The quantitative estimate of drug-likeness (QED) is 0.379. The third-order valence-corrected chi connectivity index (χ3v) is 6.69. The fourth-order valence-corrected chi connectivity index (χ4v) is 4.44. The highest BCUT2D eigenvalue weighted by molar-refractivity contribution is 5.76. The number of nitrogens with zero attached hydrogens (tertiary/aromatic N) is 4. The summed E-state index contributed by atoms with van der Waals surface area (Å²) in [4.78, 5) is 20.6. The lowest BCUT2D eigenvalue weighted by Gasteiger charge is -2.28. The Hall–Kier alpha value is -2.50. The van der Waals surface area contributed by atoms with E-state index in [4.69, 9.17) is 0 Å². The van der Waals surface area contributed by atoms with Crippen LogP contribution in [0.5, 0.6) is 0 Å². The number of hydrogen-bond donors (Lipinski definition) is 0. The summed E-state index contributed by atoms with van der Waals surface area (Å²) in [6, 6.07) is 8.35. The first-order valence-corrected chi connectivity index (χ1v) is 14.9. The van der Waals surface area contributed by atoms with Crippen molar-refractivity contribution < 1.29 is 9.59 Å². The first kappa shape index (κ1) is 33.5. The standard InChI is InChI=1S/C16H20N4.2C6H10O.2C2H6/c1-11-6-8-15(19-17-11)13-4-3-5-14(10-13)16-9-7-12(2)18-20-16;2*1-5(7)4-6-2-3-6;2*1-2/h6-9,13-14H,3-5,10H2,1-2H3;2*6H,2-4H2,1H3;2*1-2H3/t13-,14-;;;;/m0..../s1. The molecule has 6 nitrogen and oxygen atoms in total. The van der Waals surface area contributed by atoms with Gasteiger partial charge in [-0.15, -0.1) is 0 Å². The fraction of sp³-hybridized carbons (Fsp3) is 0.688. The summed E-state index contributed by atoms with van der Waals surface area (Å²) in [7, 11) is 0. The van der Waals surface area contributed by atoms with Gasteiger partial charge in [-0.3, -0.25) is 0 Å². The Labute approximate surface area is 231 Å². The minimum atomic E-state index is 0.350. The van der Waals surface area contributed by atoms with Crippen LogP contribution in [-0.4, -0.2) is 32.0 Å². The van der Waals surface area contributed by atoms with E-state index < -0.39 is 0 Å². The third-order valence-electron chi connectivity index (χ3n) is 6.69. The fourth-order valence-electron chi connectivity index (χ4n) is 4.44. The smallest absolute Gasteiger partial charge is 0.130 e. The second kappa shape index (κ2) is 18.7. The van der Waals surface area contributed by atoms with Crippen LogP contribution in [-0.2, 0) is 9.59 Å². The Morgan fingerprint density at radius 2 is 1.00 bits per heavy atom. The van der Waals surface area contributed by atoms with Crippen LogP contribution in [0.25, 0.3) is 0 Å². The van der Waals surface area contributed by atoms with Gasteiger partial charge in [-0.2, -0.15) is 20.4 Å². The van der Waals surface area contributed by atoms with Crippen molar-refractivity contribution in [2.45, 2.75) is 131 Å². The summed E-state index contributed by atoms with van der Waals surface area (Å²) in [5.41, 5.74) is 4.21. The van der Waals surface area contributed by atoms with E-state index in [1.54, 1.807) is 13.8 Å². The Morgan fingerprint density at radius 3 is 1.24 bits per heavy atom. The molecule has 2 aromatic rings. The molecule has 0 aromatic carbocycles. The van der Waals surface area contributed by atoms with E-state index in [2.05, 4.69) is 44.7 Å². The first-order chi connectivity index (χ1) is 18.3. The van der Waals surface area contributed by atoms with E-state index in [0.29, 0.717) is 23.4 Å². The van der Waals surface area contributed by atoms with E-state index >= 15 is 0 Å². The second-order valence-corrected chi connectivity index (χ2v) is 10.5. The van der Waals surface area contributed by atoms with Crippen LogP contribution < -0.4 is 0 Å². The highest BCUT2D eigenvalue weighted by Gasteiger charge is 2.26. The van der Waals surface area contributed by atoms with Crippen LogP contribution in [0, 0.1) is 25.7 Å². The van der Waals surface area contributed by atoms with Gasteiger partial charge in [0, 0.05) is 24.7 Å². The number of carbonyl (C=O) groups excluding carboxylic acids is 2. The summed E-state index contributed by atoms with van der Waals surface area (Å²) in [6.07, 6.45) is 11.6. The minimum Gasteiger partial charge on any atom is -0.300 e. The molecule has 3 aliphatic carbocycles. The van der Waals surface area contributed by atoms with E-state index in [1.165, 1.54) is 44.9 Å². The van der Waals surface area contributed by atoms with E-state index in [9.17, 15) is 9.59 Å². The predicted molar refractivity (Wildman–Crippen MR) is 156 cm³/mol. The molecule has 2 atom stereocenters. The van der Waals surface area contributed by atoms with E-state index in [0.717, 1.165) is 53.9 Å². The number of hydrogen-bond acceptors (Lipinski definition) is 6. The van der Waals surface area contributed by atoms with Crippen LogP contribution in [0.3, 0.4) is 0 Å². The van der Waals surface area contributed by atoms with Crippen molar-refractivity contribution in [3.05, 3.63) is 47.0 Å². The Morgan fingerprint density at radius 1 is 0.632 bits per heavy atom. The lowest BCUT2D eigenvalue weighted by Crippen LogP contribution is -2.15. The lowest BCUT2D eigenvalue weighted by molar-refractivity contribution is -0.118. The van der Waals surface area contributed by atoms with Gasteiger partial charge in [0.1, 0.15) is 11.6 Å². The molecular formula is C32H52N4O2. The number of ketones is 2. The summed E-state index contributed by atoms with van der Waals surface area (Å²) in [5.74, 6) is 3.26. The zero-order chi connectivity index (χ0) is 28.5. The van der Waals surface area contributed by atoms with Crippen LogP contribution in [0.4, 0.5) is 0 Å². The molecule has 0 N–H and O–H groups in total. The van der Waals surface area contributed by atoms with Crippen LogP contribution in [0.15, 0.2) is 24.3 Å². The predicted octanol–water partition coefficient (Wildman–Crippen LogP) is 8.13. The summed E-state index contributed by atoms with van der Waals surface area (Å²) in [6.45, 7) is 15.3. The lowest BCUT2D eigenvalue weighted by atomic mass is 9.78. The molecule has 3 fully saturated rings. The van der Waals surface area contributed by atoms with Crippen molar-refractivity contribution in [3.8, 4) is 0 Å². The number of carbonyl (C=O) groups is 2. The molecule has 0 unspecified atom stereocenters. The zero-order valence-electron chi connectivity index (χ0n) is 25.3. The summed E-state index contributed by atoms with van der Waals surface area (Å²) >= 11 is 0. The molecule has 38 heavy (non-hydrogen) atoms. The summed E-state index contributed by atoms with van der Waals surface area (Å²) < 4.78 is 0. The normalized spacial score (nSPS) is 19.5. The van der Waals surface area contributed by atoms with Gasteiger partial charge in [-0.25, -0.2) is 0 Å². The Kier molecular flexibility index (Phi) is 16.5. The number of rotatable bonds is 6. The molecule has 0 saturated heterocycles. The van der Waals surface area contributed by atoms with Crippen LogP contribution >= 0.6 is 0 Å². The SMILES string of the molecule is CC.CC.CC(=O)CC1CC1.CC(=O)CC1CC1.Cc1ccc([C@H]2CCC[C@H](c3ccc(C)nn3)C2)nn1. The van der Waals surface area contributed by atoms with Crippen molar-refractivity contribution in [1.82, 2.24) is 20.4 Å². The van der Waals surface area contributed by atoms with Gasteiger partial charge in [-0.1, -0.05) is 34.1 Å². The average molecular weight is 525 g/mol. The molecule has 0 radical (unpaired) electrons. The molecule has 0 amide bonds. The van der Waals surface area contributed by atoms with Crippen LogP contribution in [0.2, 0.25) is 0 Å². The van der Waals surface area contributed by atoms with Crippen molar-refractivity contribution in [1.29, 1.82) is 0 Å². The van der Waals surface area contributed by atoms with Gasteiger partial charge >= 0.3 is 0 Å². The van der Waals surface area contributed by atoms with Crippen molar-refractivity contribution in [3.63, 3.8) is 0 Å². The molecule has 212 valence electrons. The summed E-state index contributed by atoms with van der Waals surface area (Å²) in [5, 5.41) is 17.1. The number of aromatic nitrogens is 4. The molecule has 5 rings (SSSR count). The topological polar surface area (TPSA) is 85.7 Å². The highest BCUT2D eigenvalue weighted by Crippen LogP contribution is 2.39. The zero-order valence-corrected chi connectivity index (χ0v) is 25.3. The van der Waals surface area contributed by atoms with Gasteiger partial charge in [0.25, 0.3) is 0 Å². The second-order valence-electron chi connectivity index (χ2n) is 10.5. The maximum Gasteiger partial charge on any atom is 0.130 e. The molecular weight excluding hydrogens is 472 g/mol. The molecule has 3 aliphatic rings. The maximum atomic E-state index is 10.3. The molecule has 3 saturated carbocycles. The first-order valence-electron chi connectivity index (χ1n) is 14.9. The highest BCUT2D eigenvalue weighted by atomic mass is 16.1. The number of Topliss-reactive ketones (excluding diaryl/α,β-unsaturated/α-hetero) is 2. The van der Waals surface area contributed by atoms with Gasteiger partial charge in [-0.05, 0) is 109 Å². The van der Waals surface area contributed by atoms with Gasteiger partial charge in [0.05, 0.1) is 22.8 Å². The Bertz CT molecular complexity index is 844. The molecule has 2 heterocycles. The molecule has 0 aliphatic heterocycles. The molecule has 0 spiro atoms. The van der Waals surface area contributed by atoms with E-state index in [-0.39, 0.29) is 0 Å². The maximum absolute atomic E-state index is 10.3. The third kappa shape index (κ3) is 14.4. The Balaban J connectivity index is 0.000000329. The monoisotopic (exact) mass is 524 g/mol. The van der Waals surface area contributed by atoms with Gasteiger partial charge in [0.15, 0.2) is 0 Å². The van der Waals surface area contributed by atoms with Crippen molar-refractivity contribution >= 4 is 11.6 Å². The largest absolute Gasteiger partial charge is 0.300 e. The average Bonchev–Trinajstić information content (AvgIpc) is 3.86. The van der Waals surface area contributed by atoms with Gasteiger partial charge < -0.3 is 9.59 Å². The minimum absolute atomic E-state index is 0.350. The molecule has 0 bridgehead atoms. The number of aryl methyl sites for hydroxylation is 2. The molecule has 2 aromatic heterocycles. The van der Waals surface area contributed by atoms with Gasteiger partial charge in [0.2, 0.25) is 0 Å². The van der Waals surface area contributed by atoms with E-state index in [1.807, 2.05) is 41.5 Å².